The smallest absolute Gasteiger partial charge is 0.269 e. The average Bonchev–Trinajstić information content (AvgIpc) is 2.98. The number of hydrogen-bond donors (Lipinski definition) is 2. The molecule has 5 heteroatoms. The maximum absolute atomic E-state index is 12.1. The van der Waals surface area contributed by atoms with Gasteiger partial charge in [-0.1, -0.05) is 18.8 Å². The van der Waals surface area contributed by atoms with Crippen molar-refractivity contribution in [3.05, 3.63) is 29.6 Å². The van der Waals surface area contributed by atoms with Gasteiger partial charge >= 0.3 is 0 Å². The van der Waals surface area contributed by atoms with Crippen LogP contribution in [0.5, 0.6) is 0 Å². The molecule has 2 heterocycles. The lowest BCUT2D eigenvalue weighted by Crippen LogP contribution is -2.40. The lowest BCUT2D eigenvalue weighted by Gasteiger charge is -2.22. The van der Waals surface area contributed by atoms with Crippen LogP contribution in [0.3, 0.4) is 0 Å². The lowest BCUT2D eigenvalue weighted by atomic mass is 10.2. The zero-order valence-corrected chi connectivity index (χ0v) is 12.3. The van der Waals surface area contributed by atoms with Crippen molar-refractivity contribution in [1.29, 1.82) is 0 Å². The summed E-state index contributed by atoms with van der Waals surface area (Å²) in [6.07, 6.45) is 3.88. The predicted octanol–water partition coefficient (Wildman–Crippen LogP) is 0.639. The molecule has 0 aromatic carbocycles. The summed E-state index contributed by atoms with van der Waals surface area (Å²) in [7, 11) is 0. The third kappa shape index (κ3) is 4.28. The van der Waals surface area contributed by atoms with E-state index < -0.39 is 0 Å². The molecule has 1 aromatic rings. The van der Waals surface area contributed by atoms with Crippen LogP contribution in [0.25, 0.3) is 0 Å². The lowest BCUT2D eigenvalue weighted by molar-refractivity contribution is 0.0936. The highest BCUT2D eigenvalue weighted by molar-refractivity contribution is 5.92. The van der Waals surface area contributed by atoms with E-state index in [2.05, 4.69) is 34.0 Å². The Balaban J connectivity index is 1.88. The Bertz CT molecular complexity index is 531. The van der Waals surface area contributed by atoms with E-state index in [0.717, 1.165) is 19.5 Å². The van der Waals surface area contributed by atoms with Gasteiger partial charge in [0.05, 0.1) is 0 Å². The number of carbonyl (C=O) groups is 1. The minimum Gasteiger partial charge on any atom is -0.384 e. The number of nitrogens with zero attached hydrogens (tertiary/aromatic N) is 2. The van der Waals surface area contributed by atoms with Gasteiger partial charge in [0.2, 0.25) is 0 Å². The van der Waals surface area contributed by atoms with Crippen LogP contribution in [0.1, 0.15) is 35.8 Å². The second-order valence-corrected chi connectivity index (χ2v) is 5.03. The topological polar surface area (TPSA) is 65.5 Å². The number of hydrogen-bond acceptors (Lipinski definition) is 4. The molecule has 2 rings (SSSR count). The fourth-order valence-corrected chi connectivity index (χ4v) is 2.59. The van der Waals surface area contributed by atoms with E-state index in [1.165, 1.54) is 6.42 Å². The van der Waals surface area contributed by atoms with Crippen LogP contribution in [0.4, 0.5) is 0 Å². The van der Waals surface area contributed by atoms with Gasteiger partial charge in [0.25, 0.3) is 5.91 Å². The first kappa shape index (κ1) is 15.5. The van der Waals surface area contributed by atoms with E-state index in [9.17, 15) is 4.79 Å². The summed E-state index contributed by atoms with van der Waals surface area (Å²) in [5.74, 6) is 5.14. The molecular weight excluding hydrogens is 266 g/mol. The van der Waals surface area contributed by atoms with Crippen LogP contribution in [0.2, 0.25) is 0 Å². The predicted molar refractivity (Wildman–Crippen MR) is 80.8 cm³/mol. The Hall–Kier alpha value is -1.90. The quantitative estimate of drug-likeness (QED) is 0.798. The molecule has 2 N–H and O–H groups in total. The largest absolute Gasteiger partial charge is 0.384 e. The first-order valence-electron chi connectivity index (χ1n) is 7.32. The minimum absolute atomic E-state index is 0.153. The number of aliphatic hydroxyl groups is 1. The highest BCUT2D eigenvalue weighted by Gasteiger charge is 2.23. The summed E-state index contributed by atoms with van der Waals surface area (Å²) >= 11 is 0. The molecule has 1 saturated heterocycles. The van der Waals surface area contributed by atoms with Crippen molar-refractivity contribution in [2.75, 3.05) is 26.2 Å². The van der Waals surface area contributed by atoms with Gasteiger partial charge in [-0.25, -0.2) is 4.98 Å². The van der Waals surface area contributed by atoms with Gasteiger partial charge in [0.1, 0.15) is 12.3 Å². The molecule has 1 aliphatic rings. The molecule has 112 valence electrons. The zero-order chi connectivity index (χ0) is 15.1. The van der Waals surface area contributed by atoms with Crippen molar-refractivity contribution in [1.82, 2.24) is 15.2 Å². The van der Waals surface area contributed by atoms with Gasteiger partial charge in [0, 0.05) is 24.3 Å². The van der Waals surface area contributed by atoms with Gasteiger partial charge in [-0.3, -0.25) is 9.69 Å². The van der Waals surface area contributed by atoms with E-state index in [1.54, 1.807) is 18.3 Å². The Morgan fingerprint density at radius 2 is 2.43 bits per heavy atom. The van der Waals surface area contributed by atoms with Crippen LogP contribution in [0.15, 0.2) is 18.3 Å². The Labute approximate surface area is 125 Å². The molecule has 1 aromatic heterocycles. The second kappa shape index (κ2) is 7.77. The fraction of sp³-hybridized carbons (Fsp3) is 0.500. The fourth-order valence-electron chi connectivity index (χ4n) is 2.59. The molecule has 1 unspecified atom stereocenters. The van der Waals surface area contributed by atoms with E-state index in [1.807, 2.05) is 0 Å². The molecule has 0 aliphatic carbocycles. The third-order valence-corrected chi connectivity index (χ3v) is 3.71. The Morgan fingerprint density at radius 3 is 3.10 bits per heavy atom. The number of amides is 1. The van der Waals surface area contributed by atoms with Crippen molar-refractivity contribution in [2.24, 2.45) is 0 Å². The summed E-state index contributed by atoms with van der Waals surface area (Å²) in [6, 6.07) is 3.83. The van der Waals surface area contributed by atoms with Gasteiger partial charge in [0.15, 0.2) is 0 Å². The van der Waals surface area contributed by atoms with Crippen LogP contribution in [-0.4, -0.2) is 53.2 Å². The summed E-state index contributed by atoms with van der Waals surface area (Å²) < 4.78 is 0. The molecule has 0 spiro atoms. The molecule has 1 atom stereocenters. The molecule has 0 radical (unpaired) electrons. The molecule has 1 amide bonds. The maximum Gasteiger partial charge on any atom is 0.269 e. The number of likely N-dealkylation sites (N-methyl/N-ethyl adjacent to an activating group) is 1. The van der Waals surface area contributed by atoms with Crippen LogP contribution >= 0.6 is 0 Å². The second-order valence-electron chi connectivity index (χ2n) is 5.03. The van der Waals surface area contributed by atoms with Crippen LogP contribution < -0.4 is 5.32 Å². The van der Waals surface area contributed by atoms with Crippen molar-refractivity contribution in [3.63, 3.8) is 0 Å². The summed E-state index contributed by atoms with van der Waals surface area (Å²) in [6.45, 7) is 4.77. The molecule has 1 aliphatic heterocycles. The number of aromatic nitrogens is 1. The van der Waals surface area contributed by atoms with Gasteiger partial charge < -0.3 is 10.4 Å². The van der Waals surface area contributed by atoms with Crippen molar-refractivity contribution < 1.29 is 9.90 Å². The first-order chi connectivity index (χ1) is 10.2. The van der Waals surface area contributed by atoms with E-state index in [-0.39, 0.29) is 12.5 Å². The highest BCUT2D eigenvalue weighted by atomic mass is 16.2. The van der Waals surface area contributed by atoms with Gasteiger partial charge in [-0.05, 0) is 38.1 Å². The number of rotatable bonds is 4. The summed E-state index contributed by atoms with van der Waals surface area (Å²) in [4.78, 5) is 18.5. The van der Waals surface area contributed by atoms with E-state index in [4.69, 9.17) is 5.11 Å². The average molecular weight is 287 g/mol. The standard InChI is InChI=1S/C16H21N3O2/c1-2-19-9-3-6-14(19)12-18-16(21)15-8-7-13(11-17-15)5-4-10-20/h7-8,11,14,20H,2-3,6,9-10,12H2,1H3,(H,18,21). The number of aliphatic hydroxyl groups excluding tert-OH is 1. The van der Waals surface area contributed by atoms with Gasteiger partial charge in [-0.15, -0.1) is 0 Å². The summed E-state index contributed by atoms with van der Waals surface area (Å²) in [5, 5.41) is 11.6. The zero-order valence-electron chi connectivity index (χ0n) is 12.3. The molecule has 21 heavy (non-hydrogen) atoms. The van der Waals surface area contributed by atoms with Crippen molar-refractivity contribution >= 4 is 5.91 Å². The molecule has 0 bridgehead atoms. The molecular formula is C16H21N3O2. The summed E-state index contributed by atoms with van der Waals surface area (Å²) in [5.41, 5.74) is 1.08. The Kier molecular flexibility index (Phi) is 5.73. The maximum atomic E-state index is 12.1. The minimum atomic E-state index is -0.183. The van der Waals surface area contributed by atoms with Crippen LogP contribution in [0, 0.1) is 11.8 Å². The SMILES string of the molecule is CCN1CCCC1CNC(=O)c1ccc(C#CCO)cn1. The van der Waals surface area contributed by atoms with E-state index >= 15 is 0 Å². The van der Waals surface area contributed by atoms with E-state index in [0.29, 0.717) is 23.8 Å². The monoisotopic (exact) mass is 287 g/mol. The Morgan fingerprint density at radius 1 is 1.57 bits per heavy atom. The van der Waals surface area contributed by atoms with Crippen molar-refractivity contribution in [2.45, 2.75) is 25.8 Å². The molecule has 5 nitrogen and oxygen atoms in total. The first-order valence-corrected chi connectivity index (χ1v) is 7.32. The number of likely N-dealkylation sites (tertiary alicyclic amines) is 1. The number of nitrogens with one attached hydrogen (secondary N) is 1. The third-order valence-electron chi connectivity index (χ3n) is 3.71. The van der Waals surface area contributed by atoms with Gasteiger partial charge in [-0.2, -0.15) is 0 Å². The van der Waals surface area contributed by atoms with Crippen LogP contribution in [-0.2, 0) is 0 Å². The normalized spacial score (nSPS) is 18.1. The number of carbonyl (C=O) groups excluding carboxylic acids is 1. The highest BCUT2D eigenvalue weighted by Crippen LogP contribution is 2.15. The number of pyridine rings is 1. The molecule has 0 saturated carbocycles. The van der Waals surface area contributed by atoms with Crippen molar-refractivity contribution in [3.8, 4) is 11.8 Å². The molecule has 1 fully saturated rings.